The summed E-state index contributed by atoms with van der Waals surface area (Å²) >= 11 is 0. The van der Waals surface area contributed by atoms with E-state index >= 15 is 0 Å². The van der Waals surface area contributed by atoms with Crippen LogP contribution in [0.25, 0.3) is 11.0 Å². The molecule has 148 valence electrons. The van der Waals surface area contributed by atoms with Crippen LogP contribution in [0.2, 0.25) is 0 Å². The summed E-state index contributed by atoms with van der Waals surface area (Å²) in [5.74, 6) is 0.00858. The van der Waals surface area contributed by atoms with Crippen LogP contribution < -0.4 is 16.2 Å². The predicted octanol–water partition coefficient (Wildman–Crippen LogP) is 2.32. The number of hydrazine groups is 1. The maximum Gasteiger partial charge on any atom is 0.269 e. The van der Waals surface area contributed by atoms with Crippen molar-refractivity contribution in [1.29, 1.82) is 0 Å². The molecule has 1 aliphatic rings. The number of hydrogen-bond donors (Lipinski definition) is 3. The first-order valence-corrected chi connectivity index (χ1v) is 9.46. The molecule has 8 heteroatoms. The average molecular weight is 391 g/mol. The summed E-state index contributed by atoms with van der Waals surface area (Å²) in [6.45, 7) is 4.76. The van der Waals surface area contributed by atoms with Gasteiger partial charge in [-0.1, -0.05) is 0 Å². The summed E-state index contributed by atoms with van der Waals surface area (Å²) in [4.78, 5) is 40.8. The number of imidazole rings is 1. The molecule has 1 aromatic heterocycles. The van der Waals surface area contributed by atoms with E-state index in [-0.39, 0.29) is 5.91 Å². The Morgan fingerprint density at radius 3 is 2.48 bits per heavy atom. The Hall–Kier alpha value is -3.68. The molecule has 3 amide bonds. The Labute approximate surface area is 167 Å². The van der Waals surface area contributed by atoms with Gasteiger partial charge in [-0.3, -0.25) is 25.2 Å². The molecule has 0 unspecified atom stereocenters. The molecule has 2 heterocycles. The molecule has 8 nitrogen and oxygen atoms in total. The molecule has 0 saturated heterocycles. The van der Waals surface area contributed by atoms with E-state index in [9.17, 15) is 14.4 Å². The molecule has 0 aliphatic carbocycles. The van der Waals surface area contributed by atoms with Gasteiger partial charge in [0, 0.05) is 29.8 Å². The summed E-state index contributed by atoms with van der Waals surface area (Å²) in [6.07, 6.45) is 0.975. The Bertz CT molecular complexity index is 1150. The second-order valence-corrected chi connectivity index (χ2v) is 6.94. The highest BCUT2D eigenvalue weighted by molar-refractivity contribution is 6.01. The summed E-state index contributed by atoms with van der Waals surface area (Å²) in [5.41, 5.74) is 9.02. The van der Waals surface area contributed by atoms with Crippen molar-refractivity contribution in [2.45, 2.75) is 33.2 Å². The van der Waals surface area contributed by atoms with Gasteiger partial charge in [-0.15, -0.1) is 0 Å². The van der Waals surface area contributed by atoms with Crippen LogP contribution in [-0.2, 0) is 17.8 Å². The summed E-state index contributed by atoms with van der Waals surface area (Å²) in [6, 6.07) is 10.3. The van der Waals surface area contributed by atoms with Gasteiger partial charge in [0.2, 0.25) is 5.91 Å². The van der Waals surface area contributed by atoms with Crippen LogP contribution in [0.1, 0.15) is 45.4 Å². The van der Waals surface area contributed by atoms with E-state index in [4.69, 9.17) is 0 Å². The Morgan fingerprint density at radius 1 is 1.07 bits per heavy atom. The van der Waals surface area contributed by atoms with E-state index < -0.39 is 11.8 Å². The first-order chi connectivity index (χ1) is 14.0. The highest BCUT2D eigenvalue weighted by Gasteiger charge is 2.17. The molecular weight excluding hydrogens is 370 g/mol. The number of nitrogens with zero attached hydrogens (tertiary/aromatic N) is 2. The van der Waals surface area contributed by atoms with Gasteiger partial charge in [0.1, 0.15) is 5.82 Å². The quantitative estimate of drug-likeness (QED) is 0.596. The number of carbonyl (C=O) groups excluding carboxylic acids is 3. The second-order valence-electron chi connectivity index (χ2n) is 6.94. The van der Waals surface area contributed by atoms with E-state index in [2.05, 4.69) is 25.7 Å². The lowest BCUT2D eigenvalue weighted by atomic mass is 10.0. The Balaban J connectivity index is 1.45. The minimum atomic E-state index is -0.426. The van der Waals surface area contributed by atoms with Crippen LogP contribution in [0.3, 0.4) is 0 Å². The van der Waals surface area contributed by atoms with Crippen molar-refractivity contribution >= 4 is 34.4 Å². The molecule has 0 atom stereocenters. The number of nitrogens with one attached hydrogen (secondary N) is 3. The summed E-state index contributed by atoms with van der Waals surface area (Å²) < 4.78 is 2.07. The molecule has 4 rings (SSSR count). The van der Waals surface area contributed by atoms with Crippen molar-refractivity contribution < 1.29 is 14.4 Å². The molecule has 2 aromatic carbocycles. The fraction of sp³-hybridized carbons (Fsp3) is 0.238. The lowest BCUT2D eigenvalue weighted by molar-refractivity contribution is -0.116. The predicted molar refractivity (Wildman–Crippen MR) is 108 cm³/mol. The molecule has 0 spiro atoms. The van der Waals surface area contributed by atoms with Crippen molar-refractivity contribution in [3.8, 4) is 0 Å². The van der Waals surface area contributed by atoms with E-state index in [0.717, 1.165) is 34.7 Å². The molecular formula is C21H21N5O3. The number of fused-ring (bicyclic) bond motifs is 2. The zero-order valence-corrected chi connectivity index (χ0v) is 16.2. The maximum atomic E-state index is 12.4. The van der Waals surface area contributed by atoms with Gasteiger partial charge >= 0.3 is 0 Å². The smallest absolute Gasteiger partial charge is 0.269 e. The highest BCUT2D eigenvalue weighted by atomic mass is 16.2. The topological polar surface area (TPSA) is 105 Å². The number of carbonyl (C=O) groups is 3. The van der Waals surface area contributed by atoms with Crippen LogP contribution in [0.15, 0.2) is 36.4 Å². The highest BCUT2D eigenvalue weighted by Crippen LogP contribution is 2.23. The standard InChI is InChI=1S/C21H21N5O3/c1-3-26-12(2)22-17-11-15(5-8-18(17)26)21(29)25-24-20(28)14-4-7-16-13(10-14)6-9-19(27)23-16/h4-5,7-8,10-11H,3,6,9H2,1-2H3,(H,23,27)(H,24,28)(H,25,29). The molecule has 0 bridgehead atoms. The van der Waals surface area contributed by atoms with E-state index in [0.29, 0.717) is 24.0 Å². The zero-order valence-electron chi connectivity index (χ0n) is 16.2. The zero-order chi connectivity index (χ0) is 20.5. The van der Waals surface area contributed by atoms with Crippen molar-refractivity contribution in [3.63, 3.8) is 0 Å². The molecule has 0 radical (unpaired) electrons. The van der Waals surface area contributed by atoms with Crippen molar-refractivity contribution in [1.82, 2.24) is 20.4 Å². The molecule has 0 saturated carbocycles. The van der Waals surface area contributed by atoms with Gasteiger partial charge < -0.3 is 9.88 Å². The normalized spacial score (nSPS) is 13.0. The van der Waals surface area contributed by atoms with Crippen LogP contribution in [0.4, 0.5) is 5.69 Å². The van der Waals surface area contributed by atoms with Gasteiger partial charge in [0.25, 0.3) is 11.8 Å². The fourth-order valence-corrected chi connectivity index (χ4v) is 3.57. The largest absolute Gasteiger partial charge is 0.329 e. The minimum absolute atomic E-state index is 0.0297. The second kappa shape index (κ2) is 7.38. The number of rotatable bonds is 3. The lowest BCUT2D eigenvalue weighted by Gasteiger charge is -2.17. The van der Waals surface area contributed by atoms with E-state index in [1.165, 1.54) is 0 Å². The molecule has 3 N–H and O–H groups in total. The molecule has 3 aromatic rings. The lowest BCUT2D eigenvalue weighted by Crippen LogP contribution is -2.41. The van der Waals surface area contributed by atoms with E-state index in [1.54, 1.807) is 30.3 Å². The van der Waals surface area contributed by atoms with Crippen molar-refractivity contribution in [2.75, 3.05) is 5.32 Å². The van der Waals surface area contributed by atoms with Crippen LogP contribution in [0, 0.1) is 6.92 Å². The Kier molecular flexibility index (Phi) is 4.75. The van der Waals surface area contributed by atoms with Crippen LogP contribution >= 0.6 is 0 Å². The van der Waals surface area contributed by atoms with E-state index in [1.807, 2.05) is 19.9 Å². The molecule has 0 fully saturated rings. The van der Waals surface area contributed by atoms with Gasteiger partial charge in [0.05, 0.1) is 11.0 Å². The van der Waals surface area contributed by atoms with Gasteiger partial charge in [-0.2, -0.15) is 0 Å². The first kappa shape index (κ1) is 18.7. The van der Waals surface area contributed by atoms with Crippen molar-refractivity contribution in [3.05, 3.63) is 58.9 Å². The van der Waals surface area contributed by atoms with Crippen LogP contribution in [-0.4, -0.2) is 27.3 Å². The number of hydrogen-bond acceptors (Lipinski definition) is 4. The number of aromatic nitrogens is 2. The minimum Gasteiger partial charge on any atom is -0.329 e. The first-order valence-electron chi connectivity index (χ1n) is 9.46. The van der Waals surface area contributed by atoms with Gasteiger partial charge in [-0.25, -0.2) is 4.98 Å². The summed E-state index contributed by atoms with van der Waals surface area (Å²) in [5, 5.41) is 2.77. The van der Waals surface area contributed by atoms with Gasteiger partial charge in [-0.05, 0) is 62.2 Å². The average Bonchev–Trinajstić information content (AvgIpc) is 3.05. The number of aryl methyl sites for hydroxylation is 3. The molecule has 29 heavy (non-hydrogen) atoms. The monoisotopic (exact) mass is 391 g/mol. The third kappa shape index (κ3) is 3.56. The van der Waals surface area contributed by atoms with Gasteiger partial charge in [0.15, 0.2) is 0 Å². The third-order valence-electron chi connectivity index (χ3n) is 5.07. The number of amides is 3. The van der Waals surface area contributed by atoms with Crippen molar-refractivity contribution in [2.24, 2.45) is 0 Å². The fourth-order valence-electron chi connectivity index (χ4n) is 3.57. The maximum absolute atomic E-state index is 12.4. The summed E-state index contributed by atoms with van der Waals surface area (Å²) in [7, 11) is 0. The SMILES string of the molecule is CCn1c(C)nc2cc(C(=O)NNC(=O)c3ccc4c(c3)CCC(=O)N4)ccc21. The Morgan fingerprint density at radius 2 is 1.76 bits per heavy atom. The number of benzene rings is 2. The third-order valence-corrected chi connectivity index (χ3v) is 5.07. The molecule has 1 aliphatic heterocycles. The number of anilines is 1. The van der Waals surface area contributed by atoms with Crippen LogP contribution in [0.5, 0.6) is 0 Å².